The van der Waals surface area contributed by atoms with Gasteiger partial charge in [0.15, 0.2) is 11.9 Å². The van der Waals surface area contributed by atoms with Crippen LogP contribution in [0.4, 0.5) is 4.39 Å². The second kappa shape index (κ2) is 13.2. The molecule has 2 heterocycles. The molecule has 0 amide bonds. The highest BCUT2D eigenvalue weighted by Gasteiger charge is 2.55. The van der Waals surface area contributed by atoms with E-state index < -0.39 is 55.7 Å². The van der Waals surface area contributed by atoms with Gasteiger partial charge in [-0.15, -0.1) is 0 Å². The van der Waals surface area contributed by atoms with Crippen LogP contribution in [0, 0.1) is 6.92 Å². The number of rotatable bonds is 12. The third kappa shape index (κ3) is 7.02. The first-order valence-corrected chi connectivity index (χ1v) is 15.7. The first-order chi connectivity index (χ1) is 21.0. The van der Waals surface area contributed by atoms with Gasteiger partial charge in [-0.05, 0) is 43.4 Å². The van der Waals surface area contributed by atoms with Crippen LogP contribution in [0.3, 0.4) is 0 Å². The standard InChI is InChI=1S/C31H35FN3O8P/c1-20-9-4-5-11-23(20)18-40-17-21(2)34-44(39,43-25-14-8-12-22-10-6-7-13-24(22)25)41-19-26-28(37)31(3,32)29(42-26)35-16-15-27(36)33-30(35)38/h4-16,21,26,28-29,37H,17-19H2,1-3H3,(H,34,39)(H,33,36,38)/t21?,26-,28-,29-,31-,44?/m1/s1. The van der Waals surface area contributed by atoms with E-state index in [9.17, 15) is 19.3 Å². The molecule has 1 saturated heterocycles. The topological polar surface area (TPSA) is 141 Å². The first kappa shape index (κ1) is 31.8. The van der Waals surface area contributed by atoms with Gasteiger partial charge in [0, 0.05) is 23.7 Å². The lowest BCUT2D eigenvalue weighted by Gasteiger charge is -2.26. The maximum atomic E-state index is 15.7. The molecular weight excluding hydrogens is 592 g/mol. The minimum Gasteiger partial charge on any atom is -0.413 e. The van der Waals surface area contributed by atoms with Gasteiger partial charge in [0.05, 0.1) is 19.8 Å². The van der Waals surface area contributed by atoms with E-state index in [1.807, 2.05) is 66.5 Å². The number of aliphatic hydroxyl groups excluding tert-OH is 1. The van der Waals surface area contributed by atoms with Gasteiger partial charge in [-0.2, -0.15) is 0 Å². The summed E-state index contributed by atoms with van der Waals surface area (Å²) in [5, 5.41) is 15.2. The Labute approximate surface area is 253 Å². The van der Waals surface area contributed by atoms with Crippen molar-refractivity contribution >= 4 is 18.5 Å². The van der Waals surface area contributed by atoms with E-state index >= 15 is 4.39 Å². The monoisotopic (exact) mass is 627 g/mol. The van der Waals surface area contributed by atoms with E-state index in [1.54, 1.807) is 19.1 Å². The number of halogens is 1. The summed E-state index contributed by atoms with van der Waals surface area (Å²) >= 11 is 0. The predicted octanol–water partition coefficient (Wildman–Crippen LogP) is 4.38. The minimum atomic E-state index is -4.21. The molecule has 3 aromatic carbocycles. The SMILES string of the molecule is Cc1ccccc1COCC(C)NP(=O)(OC[C@H]1O[C@@H](n2ccc(=O)[nH]c2=O)[C@](C)(F)[C@@H]1O)Oc1cccc2ccccc12. The molecule has 0 spiro atoms. The first-order valence-electron chi connectivity index (χ1n) is 14.1. The lowest BCUT2D eigenvalue weighted by atomic mass is 9.98. The molecule has 1 fully saturated rings. The number of aromatic amines is 1. The van der Waals surface area contributed by atoms with Crippen molar-refractivity contribution in [1.29, 1.82) is 0 Å². The Bertz CT molecular complexity index is 1770. The Morgan fingerprint density at radius 2 is 1.84 bits per heavy atom. The van der Waals surface area contributed by atoms with Crippen molar-refractivity contribution in [2.24, 2.45) is 0 Å². The van der Waals surface area contributed by atoms with Crippen molar-refractivity contribution in [3.05, 3.63) is 111 Å². The molecule has 11 nitrogen and oxygen atoms in total. The number of nitrogens with one attached hydrogen (secondary N) is 2. The Kier molecular flexibility index (Phi) is 9.50. The highest BCUT2D eigenvalue weighted by atomic mass is 31.2. The van der Waals surface area contributed by atoms with E-state index in [1.165, 1.54) is 0 Å². The molecule has 1 aliphatic rings. The van der Waals surface area contributed by atoms with Crippen LogP contribution in [-0.2, 0) is 25.2 Å². The molecule has 3 N–H and O–H groups in total. The smallest absolute Gasteiger partial charge is 0.413 e. The molecule has 1 aliphatic heterocycles. The fraction of sp³-hybridized carbons (Fsp3) is 0.355. The van der Waals surface area contributed by atoms with E-state index in [0.717, 1.165) is 40.3 Å². The van der Waals surface area contributed by atoms with Gasteiger partial charge in [0.2, 0.25) is 0 Å². The van der Waals surface area contributed by atoms with Gasteiger partial charge >= 0.3 is 13.4 Å². The Hall–Kier alpha value is -3.64. The van der Waals surface area contributed by atoms with Gasteiger partial charge in [-0.3, -0.25) is 18.9 Å². The summed E-state index contributed by atoms with van der Waals surface area (Å²) in [6.45, 7) is 4.75. The van der Waals surface area contributed by atoms with Gasteiger partial charge in [-0.1, -0.05) is 60.7 Å². The third-order valence-electron chi connectivity index (χ3n) is 7.46. The van der Waals surface area contributed by atoms with E-state index in [0.29, 0.717) is 12.0 Å². The lowest BCUT2D eigenvalue weighted by molar-refractivity contribution is -0.0594. The maximum Gasteiger partial charge on any atom is 0.459 e. The highest BCUT2D eigenvalue weighted by molar-refractivity contribution is 7.52. The number of aliphatic hydroxyl groups is 1. The van der Waals surface area contributed by atoms with Crippen LogP contribution in [0.5, 0.6) is 5.75 Å². The number of benzene rings is 3. The number of aryl methyl sites for hydroxylation is 1. The number of hydrogen-bond acceptors (Lipinski definition) is 8. The fourth-order valence-electron chi connectivity index (χ4n) is 5.05. The van der Waals surface area contributed by atoms with Crippen LogP contribution in [0.1, 0.15) is 31.2 Å². The fourth-order valence-corrected chi connectivity index (χ4v) is 6.61. The minimum absolute atomic E-state index is 0.156. The number of nitrogens with zero attached hydrogens (tertiary/aromatic N) is 1. The summed E-state index contributed by atoms with van der Waals surface area (Å²) in [4.78, 5) is 25.9. The Morgan fingerprint density at radius 1 is 1.11 bits per heavy atom. The summed E-state index contributed by atoms with van der Waals surface area (Å²) in [7, 11) is -4.21. The van der Waals surface area contributed by atoms with Crippen LogP contribution in [-0.4, -0.2) is 51.8 Å². The van der Waals surface area contributed by atoms with Crippen LogP contribution in [0.15, 0.2) is 88.6 Å². The largest absolute Gasteiger partial charge is 0.459 e. The third-order valence-corrected chi connectivity index (χ3v) is 9.15. The van der Waals surface area contributed by atoms with Crippen molar-refractivity contribution in [2.45, 2.75) is 57.5 Å². The Balaban J connectivity index is 1.34. The van der Waals surface area contributed by atoms with Crippen molar-refractivity contribution < 1.29 is 32.6 Å². The quantitative estimate of drug-likeness (QED) is 0.195. The molecule has 44 heavy (non-hydrogen) atoms. The van der Waals surface area contributed by atoms with Gasteiger partial charge in [-0.25, -0.2) is 18.8 Å². The average molecular weight is 628 g/mol. The summed E-state index contributed by atoms with van der Waals surface area (Å²) in [5.41, 5.74) is -1.94. The van der Waals surface area contributed by atoms with E-state index in [2.05, 4.69) is 5.09 Å². The number of hydrogen-bond donors (Lipinski definition) is 3. The molecule has 2 unspecified atom stereocenters. The van der Waals surface area contributed by atoms with Gasteiger partial charge in [0.1, 0.15) is 18.0 Å². The van der Waals surface area contributed by atoms with Crippen molar-refractivity contribution in [3.8, 4) is 5.75 Å². The maximum absolute atomic E-state index is 15.7. The summed E-state index contributed by atoms with van der Waals surface area (Å²) < 4.78 is 54.2. The van der Waals surface area contributed by atoms with Crippen molar-refractivity contribution in [2.75, 3.05) is 13.2 Å². The molecule has 1 aromatic heterocycles. The number of ether oxygens (including phenoxy) is 2. The van der Waals surface area contributed by atoms with Crippen LogP contribution < -0.4 is 20.9 Å². The van der Waals surface area contributed by atoms with E-state index in [-0.39, 0.29) is 12.4 Å². The molecule has 0 bridgehead atoms. The number of fused-ring (bicyclic) bond motifs is 1. The highest BCUT2D eigenvalue weighted by Crippen LogP contribution is 2.48. The average Bonchev–Trinajstić information content (AvgIpc) is 3.21. The summed E-state index contributed by atoms with van der Waals surface area (Å²) in [6.07, 6.45) is -3.62. The lowest BCUT2D eigenvalue weighted by Crippen LogP contribution is -2.43. The molecule has 0 saturated carbocycles. The predicted molar refractivity (Wildman–Crippen MR) is 162 cm³/mol. The van der Waals surface area contributed by atoms with Crippen molar-refractivity contribution in [1.82, 2.24) is 14.6 Å². The van der Waals surface area contributed by atoms with Crippen molar-refractivity contribution in [3.63, 3.8) is 0 Å². The molecule has 6 atom stereocenters. The van der Waals surface area contributed by atoms with Crippen LogP contribution in [0.2, 0.25) is 0 Å². The number of H-pyrrole nitrogens is 1. The number of alkyl halides is 1. The Morgan fingerprint density at radius 3 is 2.61 bits per heavy atom. The van der Waals surface area contributed by atoms with E-state index in [4.69, 9.17) is 18.5 Å². The van der Waals surface area contributed by atoms with Crippen LogP contribution >= 0.6 is 7.75 Å². The molecule has 234 valence electrons. The second-order valence-corrected chi connectivity index (χ2v) is 12.7. The molecule has 0 aliphatic carbocycles. The zero-order chi connectivity index (χ0) is 31.5. The zero-order valence-corrected chi connectivity index (χ0v) is 25.4. The molecule has 4 aromatic rings. The molecular formula is C31H35FN3O8P. The second-order valence-electron chi connectivity index (χ2n) is 11.0. The van der Waals surface area contributed by atoms with Gasteiger partial charge in [0.25, 0.3) is 5.56 Å². The molecule has 13 heteroatoms. The molecule has 5 rings (SSSR count). The normalized spacial score (nSPS) is 23.8. The number of aromatic nitrogens is 2. The summed E-state index contributed by atoms with van der Waals surface area (Å²) in [6, 6.07) is 21.0. The van der Waals surface area contributed by atoms with Crippen LogP contribution in [0.25, 0.3) is 10.8 Å². The molecule has 0 radical (unpaired) electrons. The zero-order valence-electron chi connectivity index (χ0n) is 24.5. The van der Waals surface area contributed by atoms with Gasteiger partial charge < -0.3 is 19.1 Å². The summed E-state index contributed by atoms with van der Waals surface area (Å²) in [5.74, 6) is 0.285.